The number of hydrogen-bond donors (Lipinski definition) is 0. The second-order valence-corrected chi connectivity index (χ2v) is 16.4. The maximum Gasteiger partial charge on any atom is 0.268 e. The molecule has 0 N–H and O–H groups in total. The van der Waals surface area contributed by atoms with Crippen molar-refractivity contribution in [3.63, 3.8) is 0 Å². The van der Waals surface area contributed by atoms with Crippen LogP contribution in [-0.2, 0) is 21.1 Å². The minimum atomic E-state index is 0. The summed E-state index contributed by atoms with van der Waals surface area (Å²) >= 11 is 0. The Kier molecular flexibility index (Phi) is 9.96. The van der Waals surface area contributed by atoms with Gasteiger partial charge in [-0.05, 0) is 63.7 Å². The van der Waals surface area contributed by atoms with Crippen LogP contribution >= 0.6 is 0 Å². The monoisotopic (exact) mass is 1040 g/mol. The molecule has 0 fully saturated rings. The molecule has 0 saturated heterocycles. The van der Waals surface area contributed by atoms with E-state index in [1.807, 2.05) is 36.5 Å². The first-order chi connectivity index (χ1) is 32.7. The molecule has 9 aromatic carbocycles. The van der Waals surface area contributed by atoms with E-state index < -0.39 is 0 Å². The number of nitrogens with zero attached hydrogens (tertiary/aromatic N) is 5. The molecule has 13 rings (SSSR count). The number of fused-ring (bicyclic) bond motifs is 7. The van der Waals surface area contributed by atoms with Gasteiger partial charge in [-0.15, -0.1) is 29.7 Å². The van der Waals surface area contributed by atoms with Gasteiger partial charge >= 0.3 is 0 Å². The van der Waals surface area contributed by atoms with Crippen LogP contribution in [0.2, 0.25) is 0 Å². The third kappa shape index (κ3) is 6.76. The van der Waals surface area contributed by atoms with Crippen molar-refractivity contribution in [2.75, 3.05) is 0 Å². The minimum Gasteiger partial charge on any atom is -0.510 e. The number of benzene rings is 9. The van der Waals surface area contributed by atoms with Gasteiger partial charge in [0.25, 0.3) is 6.33 Å². The average Bonchev–Trinajstić information content (AvgIpc) is 4.05. The Hall–Kier alpha value is -8.31. The van der Waals surface area contributed by atoms with Crippen LogP contribution in [-0.4, -0.2) is 18.7 Å². The molecule has 0 unspecified atom stereocenters. The summed E-state index contributed by atoms with van der Waals surface area (Å²) in [4.78, 5) is 5.15. The number of ether oxygens (including phenoxy) is 1. The van der Waals surface area contributed by atoms with Crippen LogP contribution < -0.4 is 9.30 Å². The molecule has 7 heteroatoms. The van der Waals surface area contributed by atoms with Crippen molar-refractivity contribution in [2.45, 2.75) is 0 Å². The van der Waals surface area contributed by atoms with Crippen molar-refractivity contribution in [1.29, 1.82) is 0 Å². The van der Waals surface area contributed by atoms with Gasteiger partial charge in [0.2, 0.25) is 0 Å². The third-order valence-corrected chi connectivity index (χ3v) is 12.6. The molecule has 13 aromatic rings. The predicted molar refractivity (Wildman–Crippen MR) is 265 cm³/mol. The summed E-state index contributed by atoms with van der Waals surface area (Å²) in [5.74, 6) is 1.94. The number of aromatic nitrogens is 5. The summed E-state index contributed by atoms with van der Waals surface area (Å²) in [6, 6.07) is 83.1. The predicted octanol–water partition coefficient (Wildman–Crippen LogP) is 14.0. The van der Waals surface area contributed by atoms with E-state index >= 15 is 0 Å². The molecule has 4 aromatic heterocycles. The maximum atomic E-state index is 6.69. The van der Waals surface area contributed by atoms with Crippen LogP contribution in [0.1, 0.15) is 0 Å². The Morgan fingerprint density at radius 1 is 0.448 bits per heavy atom. The molecule has 0 amide bonds. The standard InChI is InChI=1S/C60H37N5O.Pt/c1-4-18-41(19-5-1)47-28-17-29-48(42-20-6-2-7-21-42)60(47)63-40-62(55-32-14-15-33-56(55)63)44-24-16-25-45(36-44)66-46-34-35-51-49-26-10-13-31-54(49)65(57(51)37-46)59-38-52-50-27-11-12-30-53(50)64(58(52)39-61-59)43-22-8-3-9-23-43;/h1-35,38-39H;/q-2;. The fourth-order valence-electron chi connectivity index (χ4n) is 9.64. The van der Waals surface area contributed by atoms with Crippen LogP contribution in [0, 0.1) is 18.5 Å². The molecule has 0 spiro atoms. The fourth-order valence-corrected chi connectivity index (χ4v) is 9.64. The molecule has 0 bridgehead atoms. The van der Waals surface area contributed by atoms with Gasteiger partial charge in [-0.2, -0.15) is 18.2 Å². The molecule has 0 aliphatic carbocycles. The zero-order chi connectivity index (χ0) is 43.6. The van der Waals surface area contributed by atoms with Gasteiger partial charge in [-0.1, -0.05) is 163 Å². The van der Waals surface area contributed by atoms with Crippen LogP contribution in [0.5, 0.6) is 11.5 Å². The molecule has 320 valence electrons. The van der Waals surface area contributed by atoms with Crippen molar-refractivity contribution in [3.05, 3.63) is 243 Å². The smallest absolute Gasteiger partial charge is 0.268 e. The van der Waals surface area contributed by atoms with Crippen LogP contribution in [0.4, 0.5) is 0 Å². The quantitative estimate of drug-likeness (QED) is 0.112. The molecule has 6 nitrogen and oxygen atoms in total. The Morgan fingerprint density at radius 2 is 1.03 bits per heavy atom. The molecule has 0 aliphatic rings. The van der Waals surface area contributed by atoms with Gasteiger partial charge in [0.05, 0.1) is 34.0 Å². The second-order valence-electron chi connectivity index (χ2n) is 16.4. The van der Waals surface area contributed by atoms with Crippen molar-refractivity contribution in [1.82, 2.24) is 18.7 Å². The minimum absolute atomic E-state index is 0. The first-order valence-corrected chi connectivity index (χ1v) is 22.1. The van der Waals surface area contributed by atoms with Crippen molar-refractivity contribution >= 4 is 54.6 Å². The summed E-state index contributed by atoms with van der Waals surface area (Å²) in [6.07, 6.45) is 5.75. The van der Waals surface area contributed by atoms with Crippen LogP contribution in [0.3, 0.4) is 0 Å². The topological polar surface area (TPSA) is 40.8 Å². The van der Waals surface area contributed by atoms with Gasteiger partial charge in [-0.3, -0.25) is 4.57 Å². The van der Waals surface area contributed by atoms with Crippen molar-refractivity contribution in [2.24, 2.45) is 0 Å². The molecule has 4 heterocycles. The van der Waals surface area contributed by atoms with Crippen molar-refractivity contribution < 1.29 is 30.4 Å². The SMILES string of the molecule is [Pt].[c-]1c(Oc2[c-]c3c(cc2)c2ccccc2n3-c2cc3c4ccccc4n(-c4ccccc4)c3cn2)cccc1-n1[c-][n+](-c2c(-c3ccccc3)cccc2-c2ccccc2)c2ccccc21. The van der Waals surface area contributed by atoms with Gasteiger partial charge in [0, 0.05) is 54.5 Å². The Bertz CT molecular complexity index is 3910. The van der Waals surface area contributed by atoms with E-state index in [1.165, 1.54) is 5.39 Å². The number of rotatable bonds is 8. The zero-order valence-corrected chi connectivity index (χ0v) is 38.1. The van der Waals surface area contributed by atoms with Gasteiger partial charge in [0.15, 0.2) is 0 Å². The van der Waals surface area contributed by atoms with Crippen molar-refractivity contribution in [3.8, 4) is 56.6 Å². The average molecular weight is 1040 g/mol. The molecular formula is C60H37N5OPt-2. The third-order valence-electron chi connectivity index (χ3n) is 12.6. The van der Waals surface area contributed by atoms with E-state index in [4.69, 9.17) is 9.72 Å². The fraction of sp³-hybridized carbons (Fsp3) is 0. The summed E-state index contributed by atoms with van der Waals surface area (Å²) in [5.41, 5.74) is 13.5. The summed E-state index contributed by atoms with van der Waals surface area (Å²) in [6.45, 7) is 0. The van der Waals surface area contributed by atoms with Gasteiger partial charge in [-0.25, -0.2) is 4.98 Å². The van der Waals surface area contributed by atoms with E-state index in [0.717, 1.165) is 94.4 Å². The van der Waals surface area contributed by atoms with Crippen LogP contribution in [0.25, 0.3) is 99.8 Å². The Labute approximate surface area is 401 Å². The normalized spacial score (nSPS) is 11.5. The summed E-state index contributed by atoms with van der Waals surface area (Å²) in [7, 11) is 0. The van der Waals surface area contributed by atoms with Gasteiger partial charge < -0.3 is 18.4 Å². The number of hydrogen-bond acceptors (Lipinski definition) is 2. The summed E-state index contributed by atoms with van der Waals surface area (Å²) in [5, 5.41) is 4.47. The molecular weight excluding hydrogens is 1000 g/mol. The first kappa shape index (κ1) is 40.2. The van der Waals surface area contributed by atoms with Gasteiger partial charge in [0.1, 0.15) is 5.82 Å². The van der Waals surface area contributed by atoms with E-state index in [-0.39, 0.29) is 21.1 Å². The summed E-state index contributed by atoms with van der Waals surface area (Å²) < 4.78 is 15.4. The number of para-hydroxylation sites is 6. The maximum absolute atomic E-state index is 6.69. The Morgan fingerprint density at radius 3 is 1.75 bits per heavy atom. The number of imidazole rings is 1. The molecule has 0 saturated carbocycles. The molecule has 0 aliphatic heterocycles. The first-order valence-electron chi connectivity index (χ1n) is 22.1. The largest absolute Gasteiger partial charge is 0.510 e. The second kappa shape index (κ2) is 16.6. The molecule has 67 heavy (non-hydrogen) atoms. The van der Waals surface area contributed by atoms with E-state index in [9.17, 15) is 0 Å². The zero-order valence-electron chi connectivity index (χ0n) is 35.8. The molecule has 0 atom stereocenters. The van der Waals surface area contributed by atoms with E-state index in [0.29, 0.717) is 11.5 Å². The number of pyridine rings is 1. The van der Waals surface area contributed by atoms with Crippen LogP contribution in [0.15, 0.2) is 225 Å². The Balaban J connectivity index is 0.00000468. The van der Waals surface area contributed by atoms with E-state index in [2.05, 4.69) is 225 Å². The molecule has 0 radical (unpaired) electrons. The van der Waals surface area contributed by atoms with E-state index in [1.54, 1.807) is 0 Å².